The van der Waals surface area contributed by atoms with Gasteiger partial charge < -0.3 is 14.4 Å². The van der Waals surface area contributed by atoms with E-state index in [4.69, 9.17) is 4.74 Å². The predicted octanol–water partition coefficient (Wildman–Crippen LogP) is 2.16. The summed E-state index contributed by atoms with van der Waals surface area (Å²) in [6.07, 6.45) is 0. The van der Waals surface area contributed by atoms with E-state index in [0.29, 0.717) is 0 Å². The lowest BCUT2D eigenvalue weighted by atomic mass is 10.2. The molecule has 2 rings (SSSR count). The van der Waals surface area contributed by atoms with Crippen molar-refractivity contribution in [1.29, 1.82) is 0 Å². The van der Waals surface area contributed by atoms with Crippen molar-refractivity contribution in [2.75, 3.05) is 7.11 Å². The fraction of sp³-hybridized carbons (Fsp3) is 0.333. The van der Waals surface area contributed by atoms with Crippen LogP contribution in [0.1, 0.15) is 12.6 Å². The molecular weight excluding hydrogens is 190 g/mol. The van der Waals surface area contributed by atoms with Gasteiger partial charge in [0.25, 0.3) is 0 Å². The van der Waals surface area contributed by atoms with Crippen LogP contribution in [-0.2, 0) is 13.2 Å². The molecule has 0 radical (unpaired) electrons. The summed E-state index contributed by atoms with van der Waals surface area (Å²) in [4.78, 5) is 0. The molecule has 3 heteroatoms. The van der Waals surface area contributed by atoms with Crippen molar-refractivity contribution >= 4 is 10.9 Å². The summed E-state index contributed by atoms with van der Waals surface area (Å²) in [5, 5.41) is 10.4. The number of fused-ring (bicyclic) bond motifs is 1. The first-order valence-corrected chi connectivity index (χ1v) is 5.07. The number of aliphatic hydroxyl groups is 1. The first-order chi connectivity index (χ1) is 7.30. The number of methoxy groups -OCH3 is 1. The molecule has 0 fully saturated rings. The second-order valence-corrected chi connectivity index (χ2v) is 3.46. The van der Waals surface area contributed by atoms with Gasteiger partial charge in [-0.1, -0.05) is 0 Å². The summed E-state index contributed by atoms with van der Waals surface area (Å²) in [5.74, 6) is 0.847. The van der Waals surface area contributed by atoms with Gasteiger partial charge in [-0.15, -0.1) is 0 Å². The van der Waals surface area contributed by atoms with E-state index < -0.39 is 0 Å². The van der Waals surface area contributed by atoms with E-state index in [1.165, 1.54) is 0 Å². The standard InChI is InChI=1S/C12H15NO2/c1-3-13-10(8-14)6-9-4-5-11(15-2)7-12(9)13/h4-7,14H,3,8H2,1-2H3. The van der Waals surface area contributed by atoms with E-state index >= 15 is 0 Å². The number of hydrogen-bond acceptors (Lipinski definition) is 2. The number of aryl methyl sites for hydroxylation is 1. The summed E-state index contributed by atoms with van der Waals surface area (Å²) in [6, 6.07) is 7.96. The summed E-state index contributed by atoms with van der Waals surface area (Å²) < 4.78 is 7.28. The van der Waals surface area contributed by atoms with Crippen LogP contribution in [0, 0.1) is 0 Å². The topological polar surface area (TPSA) is 34.4 Å². The average molecular weight is 205 g/mol. The summed E-state index contributed by atoms with van der Waals surface area (Å²) in [6.45, 7) is 3.00. The molecule has 3 nitrogen and oxygen atoms in total. The Morgan fingerprint density at radius 3 is 2.73 bits per heavy atom. The van der Waals surface area contributed by atoms with Gasteiger partial charge in [-0.05, 0) is 25.1 Å². The molecule has 0 unspecified atom stereocenters. The summed E-state index contributed by atoms with van der Waals surface area (Å²) in [5.41, 5.74) is 2.06. The highest BCUT2D eigenvalue weighted by Gasteiger charge is 2.07. The van der Waals surface area contributed by atoms with Crippen molar-refractivity contribution in [1.82, 2.24) is 4.57 Å². The van der Waals surface area contributed by atoms with E-state index in [1.807, 2.05) is 24.3 Å². The Labute approximate surface area is 88.9 Å². The largest absolute Gasteiger partial charge is 0.497 e. The van der Waals surface area contributed by atoms with Crippen molar-refractivity contribution in [3.63, 3.8) is 0 Å². The average Bonchev–Trinajstić information content (AvgIpc) is 2.65. The monoisotopic (exact) mass is 205 g/mol. The molecule has 0 aliphatic heterocycles. The van der Waals surface area contributed by atoms with E-state index in [1.54, 1.807) is 7.11 Å². The zero-order valence-corrected chi connectivity index (χ0v) is 9.03. The third-order valence-electron chi connectivity index (χ3n) is 2.68. The quantitative estimate of drug-likeness (QED) is 0.833. The van der Waals surface area contributed by atoms with Gasteiger partial charge in [0.05, 0.1) is 19.2 Å². The van der Waals surface area contributed by atoms with Gasteiger partial charge >= 0.3 is 0 Å². The van der Waals surface area contributed by atoms with Gasteiger partial charge in [-0.3, -0.25) is 0 Å². The minimum atomic E-state index is 0.0742. The van der Waals surface area contributed by atoms with Gasteiger partial charge in [0, 0.05) is 23.7 Å². The number of ether oxygens (including phenoxy) is 1. The maximum absolute atomic E-state index is 9.22. The fourth-order valence-electron chi connectivity index (χ4n) is 1.92. The molecule has 0 spiro atoms. The molecule has 15 heavy (non-hydrogen) atoms. The molecule has 1 aromatic carbocycles. The van der Waals surface area contributed by atoms with Gasteiger partial charge in [0.15, 0.2) is 0 Å². The molecule has 1 N–H and O–H groups in total. The Hall–Kier alpha value is -1.48. The van der Waals surface area contributed by atoms with Crippen LogP contribution in [0.3, 0.4) is 0 Å². The van der Waals surface area contributed by atoms with Crippen LogP contribution < -0.4 is 4.74 Å². The van der Waals surface area contributed by atoms with E-state index in [0.717, 1.165) is 28.9 Å². The summed E-state index contributed by atoms with van der Waals surface area (Å²) in [7, 11) is 1.66. The first-order valence-electron chi connectivity index (χ1n) is 5.07. The minimum absolute atomic E-state index is 0.0742. The van der Waals surface area contributed by atoms with Crippen LogP contribution in [0.2, 0.25) is 0 Å². The molecule has 0 atom stereocenters. The number of aliphatic hydroxyl groups excluding tert-OH is 1. The van der Waals surface area contributed by atoms with E-state index in [9.17, 15) is 5.11 Å². The molecule has 80 valence electrons. The molecule has 0 amide bonds. The third kappa shape index (κ3) is 1.59. The predicted molar refractivity (Wildman–Crippen MR) is 60.1 cm³/mol. The smallest absolute Gasteiger partial charge is 0.120 e. The van der Waals surface area contributed by atoms with Crippen LogP contribution in [0.25, 0.3) is 10.9 Å². The molecular formula is C12H15NO2. The number of benzene rings is 1. The number of aromatic nitrogens is 1. The Morgan fingerprint density at radius 2 is 2.13 bits per heavy atom. The molecule has 0 aliphatic carbocycles. The maximum atomic E-state index is 9.22. The number of nitrogens with zero attached hydrogens (tertiary/aromatic N) is 1. The van der Waals surface area contributed by atoms with Crippen molar-refractivity contribution in [2.45, 2.75) is 20.1 Å². The second-order valence-electron chi connectivity index (χ2n) is 3.46. The van der Waals surface area contributed by atoms with Crippen LogP contribution in [0.5, 0.6) is 5.75 Å². The zero-order chi connectivity index (χ0) is 10.8. The van der Waals surface area contributed by atoms with Gasteiger partial charge in [-0.2, -0.15) is 0 Å². The van der Waals surface area contributed by atoms with Crippen molar-refractivity contribution < 1.29 is 9.84 Å². The maximum Gasteiger partial charge on any atom is 0.120 e. The fourth-order valence-corrected chi connectivity index (χ4v) is 1.92. The number of rotatable bonds is 3. The summed E-state index contributed by atoms with van der Waals surface area (Å²) >= 11 is 0. The molecule has 0 saturated heterocycles. The SMILES string of the molecule is CCn1c(CO)cc2ccc(OC)cc21. The highest BCUT2D eigenvalue weighted by Crippen LogP contribution is 2.24. The molecule has 2 aromatic rings. The molecule has 0 aliphatic rings. The van der Waals surface area contributed by atoms with Gasteiger partial charge in [-0.25, -0.2) is 0 Å². The van der Waals surface area contributed by atoms with Crippen LogP contribution in [-0.4, -0.2) is 16.8 Å². The Kier molecular flexibility index (Phi) is 2.64. The van der Waals surface area contributed by atoms with Gasteiger partial charge in [0.2, 0.25) is 0 Å². The van der Waals surface area contributed by atoms with Crippen LogP contribution in [0.15, 0.2) is 24.3 Å². The Morgan fingerprint density at radius 1 is 1.33 bits per heavy atom. The second kappa shape index (κ2) is 3.95. The highest BCUT2D eigenvalue weighted by atomic mass is 16.5. The van der Waals surface area contributed by atoms with Crippen molar-refractivity contribution in [2.24, 2.45) is 0 Å². The minimum Gasteiger partial charge on any atom is -0.497 e. The lowest BCUT2D eigenvalue weighted by Gasteiger charge is -2.06. The normalized spacial score (nSPS) is 10.9. The van der Waals surface area contributed by atoms with Crippen LogP contribution in [0.4, 0.5) is 0 Å². The van der Waals surface area contributed by atoms with Crippen molar-refractivity contribution in [3.8, 4) is 5.75 Å². The van der Waals surface area contributed by atoms with E-state index in [-0.39, 0.29) is 6.61 Å². The van der Waals surface area contributed by atoms with E-state index in [2.05, 4.69) is 11.5 Å². The Balaban J connectivity index is 2.67. The lowest BCUT2D eigenvalue weighted by molar-refractivity contribution is 0.272. The van der Waals surface area contributed by atoms with Gasteiger partial charge in [0.1, 0.15) is 5.75 Å². The van der Waals surface area contributed by atoms with Crippen LogP contribution >= 0.6 is 0 Å². The number of hydrogen-bond donors (Lipinski definition) is 1. The molecule has 0 bridgehead atoms. The highest BCUT2D eigenvalue weighted by molar-refractivity contribution is 5.82. The van der Waals surface area contributed by atoms with Crippen molar-refractivity contribution in [3.05, 3.63) is 30.0 Å². The molecule has 0 saturated carbocycles. The first kappa shape index (κ1) is 10.1. The zero-order valence-electron chi connectivity index (χ0n) is 9.03. The Bertz CT molecular complexity index is 474. The lowest BCUT2D eigenvalue weighted by Crippen LogP contribution is -1.99. The molecule has 1 heterocycles. The third-order valence-corrected chi connectivity index (χ3v) is 2.68. The molecule has 1 aromatic heterocycles.